The molecule has 0 saturated heterocycles. The highest BCUT2D eigenvalue weighted by atomic mass is 32.2. The minimum absolute atomic E-state index is 0.104. The van der Waals surface area contributed by atoms with Gasteiger partial charge in [-0.15, -0.1) is 0 Å². The topological polar surface area (TPSA) is 83.9 Å². The Kier molecular flexibility index (Phi) is 9.24. The van der Waals surface area contributed by atoms with E-state index in [0.29, 0.717) is 11.6 Å². The van der Waals surface area contributed by atoms with E-state index in [1.807, 2.05) is 48.5 Å². The monoisotopic (exact) mass is 631 g/mol. The number of aliphatic carboxylic acids is 1. The number of alkyl halides is 3. The number of halogens is 3. The zero-order valence-electron chi connectivity index (χ0n) is 23.8. The molecule has 0 heterocycles. The quantitative estimate of drug-likeness (QED) is 0.161. The molecule has 0 saturated carbocycles. The molecule has 6 nitrogen and oxygen atoms in total. The summed E-state index contributed by atoms with van der Waals surface area (Å²) in [4.78, 5) is 11.4. The second kappa shape index (κ2) is 13.3. The summed E-state index contributed by atoms with van der Waals surface area (Å²) in [6.07, 6.45) is -5.83. The number of hydrogen-bond donors (Lipinski definition) is 1. The molecule has 5 rings (SSSR count). The summed E-state index contributed by atoms with van der Waals surface area (Å²) in [5.41, 5.74) is 2.31. The van der Waals surface area contributed by atoms with Crippen molar-refractivity contribution in [3.63, 3.8) is 0 Å². The van der Waals surface area contributed by atoms with E-state index in [2.05, 4.69) is 0 Å². The number of rotatable bonds is 11. The van der Waals surface area contributed by atoms with Crippen LogP contribution < -0.4 is 9.04 Å². The predicted octanol–water partition coefficient (Wildman–Crippen LogP) is 7.84. The highest BCUT2D eigenvalue weighted by Gasteiger charge is 2.33. The number of carboxylic acids is 1. The molecule has 0 aliphatic rings. The van der Waals surface area contributed by atoms with Crippen LogP contribution in [0.5, 0.6) is 5.75 Å². The first-order valence-electron chi connectivity index (χ1n) is 13.9. The predicted molar refractivity (Wildman–Crippen MR) is 165 cm³/mol. The van der Waals surface area contributed by atoms with Crippen molar-refractivity contribution in [1.29, 1.82) is 0 Å². The zero-order valence-corrected chi connectivity index (χ0v) is 24.6. The lowest BCUT2D eigenvalue weighted by molar-refractivity contribution is -0.145. The number of nitrogens with zero attached hydrogens (tertiary/aromatic N) is 1. The van der Waals surface area contributed by atoms with Crippen LogP contribution in [0.2, 0.25) is 0 Å². The van der Waals surface area contributed by atoms with E-state index in [-0.39, 0.29) is 24.4 Å². The molecule has 10 heteroatoms. The first kappa shape index (κ1) is 31.3. The molecule has 5 aromatic carbocycles. The molecule has 0 aliphatic carbocycles. The zero-order chi connectivity index (χ0) is 32.0. The fourth-order valence-electron chi connectivity index (χ4n) is 4.74. The van der Waals surface area contributed by atoms with Gasteiger partial charge >= 0.3 is 12.1 Å². The SMILES string of the molecule is O=C(O)[C@H](Cc1ccccc1)Oc1ccc(N(Cc2ccc(-c3ccccc3)cc2)S(=O)(=O)c2cccc(C(F)(F)F)c2)cc1. The Balaban J connectivity index is 1.46. The molecule has 5 aromatic rings. The Morgan fingerprint density at radius 2 is 1.33 bits per heavy atom. The smallest absolute Gasteiger partial charge is 0.416 e. The Morgan fingerprint density at radius 1 is 0.733 bits per heavy atom. The molecule has 0 aliphatic heterocycles. The van der Waals surface area contributed by atoms with E-state index in [0.717, 1.165) is 39.2 Å². The first-order chi connectivity index (χ1) is 21.5. The number of carbonyl (C=O) groups is 1. The van der Waals surface area contributed by atoms with Gasteiger partial charge in [0.15, 0.2) is 6.10 Å². The molecule has 0 radical (unpaired) electrons. The third-order valence-electron chi connectivity index (χ3n) is 7.08. The van der Waals surface area contributed by atoms with Gasteiger partial charge in [0.05, 0.1) is 22.7 Å². The van der Waals surface area contributed by atoms with Gasteiger partial charge in [0.1, 0.15) is 5.75 Å². The lowest BCUT2D eigenvalue weighted by Crippen LogP contribution is -2.31. The Bertz CT molecular complexity index is 1850. The molecule has 0 unspecified atom stereocenters. The molecule has 0 spiro atoms. The first-order valence-corrected chi connectivity index (χ1v) is 15.3. The maximum atomic E-state index is 13.9. The van der Waals surface area contributed by atoms with Crippen molar-refractivity contribution >= 4 is 21.7 Å². The molecule has 1 N–H and O–H groups in total. The van der Waals surface area contributed by atoms with E-state index >= 15 is 0 Å². The van der Waals surface area contributed by atoms with Gasteiger partial charge in [-0.3, -0.25) is 4.31 Å². The van der Waals surface area contributed by atoms with E-state index in [4.69, 9.17) is 4.74 Å². The minimum atomic E-state index is -4.73. The normalized spacial score (nSPS) is 12.3. The molecule has 230 valence electrons. The van der Waals surface area contributed by atoms with Crippen molar-refractivity contribution in [3.8, 4) is 16.9 Å². The molecule has 0 amide bonds. The lowest BCUT2D eigenvalue weighted by Gasteiger charge is -2.26. The standard InChI is InChI=1S/C35H28F3NO5S/c36-35(37,38)29-12-7-13-32(23-29)45(42,43)39(24-26-14-16-28(17-15-26)27-10-5-2-6-11-27)30-18-20-31(21-19-30)44-33(34(40)41)22-25-8-3-1-4-9-25/h1-21,23,33H,22,24H2,(H,40,41)/t33-/m0/s1. The van der Waals surface area contributed by atoms with E-state index in [9.17, 15) is 31.5 Å². The van der Waals surface area contributed by atoms with Gasteiger partial charge in [-0.05, 0) is 64.7 Å². The average Bonchev–Trinajstić information content (AvgIpc) is 3.04. The summed E-state index contributed by atoms with van der Waals surface area (Å²) in [5, 5.41) is 9.71. The Morgan fingerprint density at radius 3 is 1.93 bits per heavy atom. The number of carboxylic acid groups (broad SMARTS) is 1. The molecule has 1 atom stereocenters. The second-order valence-corrected chi connectivity index (χ2v) is 12.1. The van der Waals surface area contributed by atoms with Crippen LogP contribution in [0.1, 0.15) is 16.7 Å². The fraction of sp³-hybridized carbons (Fsp3) is 0.114. The van der Waals surface area contributed by atoms with Crippen LogP contribution in [0.4, 0.5) is 18.9 Å². The van der Waals surface area contributed by atoms with Gasteiger partial charge in [0, 0.05) is 6.42 Å². The molecule has 0 aromatic heterocycles. The van der Waals surface area contributed by atoms with Gasteiger partial charge < -0.3 is 9.84 Å². The average molecular weight is 632 g/mol. The summed E-state index contributed by atoms with van der Waals surface area (Å²) in [6.45, 7) is -0.181. The second-order valence-electron chi connectivity index (χ2n) is 10.2. The molecule has 0 bridgehead atoms. The summed E-state index contributed by atoms with van der Waals surface area (Å²) in [5.74, 6) is -0.985. The Hall–Kier alpha value is -5.09. The van der Waals surface area contributed by atoms with Crippen LogP contribution in [0, 0.1) is 0 Å². The number of benzene rings is 5. The van der Waals surface area contributed by atoms with Gasteiger partial charge in [0.25, 0.3) is 10.0 Å². The van der Waals surface area contributed by atoms with E-state index < -0.39 is 38.7 Å². The number of ether oxygens (including phenoxy) is 1. The molecule has 0 fully saturated rings. The van der Waals surface area contributed by atoms with Gasteiger partial charge in [0.2, 0.25) is 0 Å². The molecular weight excluding hydrogens is 603 g/mol. The largest absolute Gasteiger partial charge is 0.478 e. The van der Waals surface area contributed by atoms with Crippen LogP contribution >= 0.6 is 0 Å². The van der Waals surface area contributed by atoms with Crippen LogP contribution in [0.25, 0.3) is 11.1 Å². The van der Waals surface area contributed by atoms with Gasteiger partial charge in [-0.1, -0.05) is 91.0 Å². The number of hydrogen-bond acceptors (Lipinski definition) is 4. The van der Waals surface area contributed by atoms with Crippen LogP contribution in [0.15, 0.2) is 138 Å². The summed E-state index contributed by atoms with van der Waals surface area (Å²) in [7, 11) is -4.49. The summed E-state index contributed by atoms with van der Waals surface area (Å²) >= 11 is 0. The van der Waals surface area contributed by atoms with Crippen LogP contribution in [0.3, 0.4) is 0 Å². The van der Waals surface area contributed by atoms with Crippen molar-refractivity contribution in [2.75, 3.05) is 4.31 Å². The van der Waals surface area contributed by atoms with Gasteiger partial charge in [-0.2, -0.15) is 13.2 Å². The van der Waals surface area contributed by atoms with Crippen molar-refractivity contribution in [3.05, 3.63) is 150 Å². The molecular formula is C35H28F3NO5S. The highest BCUT2D eigenvalue weighted by Crippen LogP contribution is 2.33. The van der Waals surface area contributed by atoms with Crippen LogP contribution in [-0.4, -0.2) is 25.6 Å². The maximum absolute atomic E-state index is 13.9. The lowest BCUT2D eigenvalue weighted by atomic mass is 10.0. The number of anilines is 1. The third-order valence-corrected chi connectivity index (χ3v) is 8.85. The maximum Gasteiger partial charge on any atom is 0.416 e. The number of sulfonamides is 1. The highest BCUT2D eigenvalue weighted by molar-refractivity contribution is 7.92. The van der Waals surface area contributed by atoms with E-state index in [1.165, 1.54) is 24.3 Å². The minimum Gasteiger partial charge on any atom is -0.478 e. The summed E-state index contributed by atoms with van der Waals surface area (Å²) in [6, 6.07) is 35.1. The van der Waals surface area contributed by atoms with Crippen molar-refractivity contribution in [2.24, 2.45) is 0 Å². The van der Waals surface area contributed by atoms with Crippen LogP contribution in [-0.2, 0) is 34.0 Å². The van der Waals surface area contributed by atoms with Gasteiger partial charge in [-0.25, -0.2) is 13.2 Å². The van der Waals surface area contributed by atoms with Crippen molar-refractivity contribution < 1.29 is 36.2 Å². The Labute approximate surface area is 259 Å². The summed E-state index contributed by atoms with van der Waals surface area (Å²) < 4.78 is 75.0. The fourth-order valence-corrected chi connectivity index (χ4v) is 6.24. The molecule has 45 heavy (non-hydrogen) atoms. The third kappa shape index (κ3) is 7.71. The van der Waals surface area contributed by atoms with Crippen molar-refractivity contribution in [1.82, 2.24) is 0 Å². The van der Waals surface area contributed by atoms with E-state index in [1.54, 1.807) is 36.4 Å². The van der Waals surface area contributed by atoms with Crippen molar-refractivity contribution in [2.45, 2.75) is 30.1 Å².